The van der Waals surface area contributed by atoms with Crippen LogP contribution in [-0.4, -0.2) is 22.3 Å². The van der Waals surface area contributed by atoms with Crippen molar-refractivity contribution in [2.24, 2.45) is 0 Å². The number of rotatable bonds is 5. The van der Waals surface area contributed by atoms with Crippen LogP contribution in [0.4, 0.5) is 4.79 Å². The van der Waals surface area contributed by atoms with Gasteiger partial charge in [0, 0.05) is 11.8 Å². The first kappa shape index (κ1) is 19.9. The van der Waals surface area contributed by atoms with Gasteiger partial charge in [0.2, 0.25) is 0 Å². The van der Waals surface area contributed by atoms with Gasteiger partial charge in [-0.15, -0.1) is 11.3 Å². The van der Waals surface area contributed by atoms with Crippen LogP contribution in [-0.2, 0) is 6.42 Å². The smallest absolute Gasteiger partial charge is 0.405 e. The predicted molar refractivity (Wildman–Crippen MR) is 116 cm³/mol. The summed E-state index contributed by atoms with van der Waals surface area (Å²) in [4.78, 5) is 16.7. The van der Waals surface area contributed by atoms with Crippen LogP contribution in [0.5, 0.6) is 5.75 Å². The summed E-state index contributed by atoms with van der Waals surface area (Å²) in [7, 11) is 0. The van der Waals surface area contributed by atoms with Crippen LogP contribution in [0.2, 0.25) is 0 Å². The molecule has 0 saturated carbocycles. The van der Waals surface area contributed by atoms with Crippen molar-refractivity contribution >= 4 is 17.4 Å². The van der Waals surface area contributed by atoms with Gasteiger partial charge in [-0.3, -0.25) is 0 Å². The highest BCUT2D eigenvalue weighted by Crippen LogP contribution is 2.41. The number of carboxylic acid groups (broad SMARTS) is 1. The molecule has 1 aliphatic carbocycles. The molecule has 1 aliphatic rings. The number of fused-ring (bicyclic) bond motifs is 1. The summed E-state index contributed by atoms with van der Waals surface area (Å²) >= 11 is 1.56. The minimum atomic E-state index is -1.00. The number of hydrogen-bond donors (Lipinski definition) is 2. The highest BCUT2D eigenvalue weighted by Gasteiger charge is 2.26. The molecule has 3 aromatic rings. The molecule has 0 saturated heterocycles. The molecular formula is C23H21N3O3S. The second-order valence-electron chi connectivity index (χ2n) is 7.43. The first-order valence-corrected chi connectivity index (χ1v) is 10.6. The van der Waals surface area contributed by atoms with Crippen molar-refractivity contribution in [3.8, 4) is 32.8 Å². The Morgan fingerprint density at radius 1 is 1.37 bits per heavy atom. The fraction of sp³-hybridized carbons (Fsp3) is 0.261. The van der Waals surface area contributed by atoms with Crippen molar-refractivity contribution in [1.82, 2.24) is 10.3 Å². The molecule has 6 nitrogen and oxygen atoms in total. The quantitative estimate of drug-likeness (QED) is 0.578. The molecule has 1 aromatic heterocycles. The minimum Gasteiger partial charge on any atom is -0.490 e. The lowest BCUT2D eigenvalue weighted by Gasteiger charge is -2.12. The van der Waals surface area contributed by atoms with E-state index in [0.29, 0.717) is 11.3 Å². The zero-order valence-corrected chi connectivity index (χ0v) is 17.5. The molecule has 152 valence electrons. The monoisotopic (exact) mass is 419 g/mol. The largest absolute Gasteiger partial charge is 0.490 e. The molecule has 2 N–H and O–H groups in total. The fourth-order valence-corrected chi connectivity index (χ4v) is 4.79. The van der Waals surface area contributed by atoms with E-state index in [-0.39, 0.29) is 12.1 Å². The van der Waals surface area contributed by atoms with Gasteiger partial charge < -0.3 is 15.2 Å². The van der Waals surface area contributed by atoms with E-state index < -0.39 is 6.09 Å². The van der Waals surface area contributed by atoms with E-state index in [1.54, 1.807) is 11.3 Å². The Hall–Kier alpha value is -3.37. The van der Waals surface area contributed by atoms with Crippen molar-refractivity contribution in [1.29, 1.82) is 5.26 Å². The fourth-order valence-electron chi connectivity index (χ4n) is 3.82. The number of amides is 1. The maximum atomic E-state index is 11.1. The first-order valence-electron chi connectivity index (χ1n) is 9.75. The van der Waals surface area contributed by atoms with Crippen LogP contribution in [0.3, 0.4) is 0 Å². The number of benzene rings is 2. The van der Waals surface area contributed by atoms with E-state index in [1.807, 2.05) is 50.4 Å². The van der Waals surface area contributed by atoms with Crippen LogP contribution in [0, 0.1) is 11.3 Å². The number of thiazole rings is 1. The average Bonchev–Trinajstić information content (AvgIpc) is 3.35. The Balaban J connectivity index is 1.66. The third-order valence-electron chi connectivity index (χ3n) is 5.05. The molecule has 1 heterocycles. The van der Waals surface area contributed by atoms with Crippen molar-refractivity contribution in [2.45, 2.75) is 38.8 Å². The highest BCUT2D eigenvalue weighted by atomic mass is 32.1. The summed E-state index contributed by atoms with van der Waals surface area (Å²) in [5.74, 6) is 0.575. The summed E-state index contributed by atoms with van der Waals surface area (Å²) in [5, 5.41) is 22.0. The number of carbonyl (C=O) groups is 1. The Bertz CT molecular complexity index is 1150. The second kappa shape index (κ2) is 8.17. The van der Waals surface area contributed by atoms with Gasteiger partial charge >= 0.3 is 6.09 Å². The molecule has 0 spiro atoms. The van der Waals surface area contributed by atoms with Crippen molar-refractivity contribution in [3.05, 3.63) is 59.3 Å². The van der Waals surface area contributed by atoms with Crippen LogP contribution in [0.15, 0.2) is 42.6 Å². The lowest BCUT2D eigenvalue weighted by molar-refractivity contribution is 0.190. The number of aromatic nitrogens is 1. The lowest BCUT2D eigenvalue weighted by Crippen LogP contribution is -2.24. The number of nitrogens with zero attached hydrogens (tertiary/aromatic N) is 2. The maximum Gasteiger partial charge on any atom is 0.405 e. The van der Waals surface area contributed by atoms with Crippen LogP contribution in [0.25, 0.3) is 21.0 Å². The van der Waals surface area contributed by atoms with Gasteiger partial charge in [0.1, 0.15) is 16.8 Å². The van der Waals surface area contributed by atoms with Gasteiger partial charge in [-0.05, 0) is 61.6 Å². The molecule has 2 aromatic carbocycles. The molecule has 0 radical (unpaired) electrons. The molecular weight excluding hydrogens is 398 g/mol. The van der Waals surface area contributed by atoms with E-state index in [1.165, 1.54) is 5.56 Å². The lowest BCUT2D eigenvalue weighted by atomic mass is 10.0. The molecule has 1 atom stereocenters. The van der Waals surface area contributed by atoms with Gasteiger partial charge in [0.15, 0.2) is 0 Å². The third-order valence-corrected chi connectivity index (χ3v) is 6.13. The van der Waals surface area contributed by atoms with Crippen molar-refractivity contribution in [3.63, 3.8) is 0 Å². The Morgan fingerprint density at radius 2 is 2.20 bits per heavy atom. The third kappa shape index (κ3) is 3.87. The van der Waals surface area contributed by atoms with Crippen LogP contribution < -0.4 is 10.1 Å². The van der Waals surface area contributed by atoms with Gasteiger partial charge in [0.25, 0.3) is 0 Å². The molecule has 7 heteroatoms. The molecule has 4 rings (SSSR count). The molecule has 1 amide bonds. The average molecular weight is 420 g/mol. The maximum absolute atomic E-state index is 11.1. The SMILES string of the molecule is CC(C)Oc1ccc(-c2ncc(-c3cccc4c3CCC4NC(=O)O)s2)cc1C#N. The predicted octanol–water partition coefficient (Wildman–Crippen LogP) is 5.39. The number of ether oxygens (including phenoxy) is 1. The summed E-state index contributed by atoms with van der Waals surface area (Å²) < 4.78 is 5.70. The minimum absolute atomic E-state index is 0.00552. The zero-order valence-electron chi connectivity index (χ0n) is 16.7. The van der Waals surface area contributed by atoms with Crippen LogP contribution >= 0.6 is 11.3 Å². The summed E-state index contributed by atoms with van der Waals surface area (Å²) in [5.41, 5.74) is 4.65. The molecule has 1 unspecified atom stereocenters. The Kier molecular flexibility index (Phi) is 5.42. The van der Waals surface area contributed by atoms with E-state index in [9.17, 15) is 10.1 Å². The topological polar surface area (TPSA) is 95.2 Å². The van der Waals surface area contributed by atoms with E-state index in [2.05, 4.69) is 22.4 Å². The Labute approximate surface area is 178 Å². The van der Waals surface area contributed by atoms with Gasteiger partial charge in [-0.1, -0.05) is 18.2 Å². The summed E-state index contributed by atoms with van der Waals surface area (Å²) in [6, 6.07) is 13.6. The van der Waals surface area contributed by atoms with Crippen LogP contribution in [0.1, 0.15) is 43.0 Å². The van der Waals surface area contributed by atoms with Gasteiger partial charge in [0.05, 0.1) is 22.6 Å². The Morgan fingerprint density at radius 3 is 2.93 bits per heavy atom. The number of nitrogens with one attached hydrogen (secondary N) is 1. The second-order valence-corrected chi connectivity index (χ2v) is 8.46. The molecule has 30 heavy (non-hydrogen) atoms. The van der Waals surface area contributed by atoms with E-state index >= 15 is 0 Å². The molecule has 0 bridgehead atoms. The highest BCUT2D eigenvalue weighted by molar-refractivity contribution is 7.18. The number of nitriles is 1. The molecule has 0 fully saturated rings. The number of hydrogen-bond acceptors (Lipinski definition) is 5. The normalized spacial score (nSPS) is 14.9. The summed E-state index contributed by atoms with van der Waals surface area (Å²) in [6.07, 6.45) is 2.42. The first-order chi connectivity index (χ1) is 14.5. The van der Waals surface area contributed by atoms with E-state index in [4.69, 9.17) is 9.84 Å². The van der Waals surface area contributed by atoms with Gasteiger partial charge in [-0.2, -0.15) is 5.26 Å². The summed E-state index contributed by atoms with van der Waals surface area (Å²) in [6.45, 7) is 3.86. The zero-order chi connectivity index (χ0) is 21.3. The van der Waals surface area contributed by atoms with Crippen molar-refractivity contribution in [2.75, 3.05) is 0 Å². The van der Waals surface area contributed by atoms with E-state index in [0.717, 1.165) is 39.4 Å². The van der Waals surface area contributed by atoms with Crippen molar-refractivity contribution < 1.29 is 14.6 Å². The van der Waals surface area contributed by atoms with Gasteiger partial charge in [-0.25, -0.2) is 9.78 Å². The standard InChI is InChI=1S/C23H21N3O3S/c1-13(2)29-20-9-6-14(10-15(20)11-24)22-25-12-21(30-22)18-5-3-4-17-16(18)7-8-19(17)26-23(27)28/h3-6,9-10,12-13,19,26H,7-8H2,1-2H3,(H,27,28). The molecule has 0 aliphatic heterocycles.